The number of methoxy groups -OCH3 is 2. The van der Waals surface area contributed by atoms with E-state index in [1.807, 2.05) is 29.6 Å². The zero-order chi connectivity index (χ0) is 22.3. The second-order valence-corrected chi connectivity index (χ2v) is 9.88. The molecule has 0 spiro atoms. The van der Waals surface area contributed by atoms with Crippen molar-refractivity contribution in [2.24, 2.45) is 0 Å². The number of ether oxygens (including phenoxy) is 2. The average molecular weight is 461 g/mol. The molecule has 0 bridgehead atoms. The quantitative estimate of drug-likeness (QED) is 0.488. The van der Waals surface area contributed by atoms with E-state index >= 15 is 0 Å². The fourth-order valence-electron chi connectivity index (χ4n) is 3.00. The predicted molar refractivity (Wildman–Crippen MR) is 122 cm³/mol. The van der Waals surface area contributed by atoms with Crippen LogP contribution in [0.3, 0.4) is 0 Å². The highest BCUT2D eigenvalue weighted by Crippen LogP contribution is 2.35. The second kappa shape index (κ2) is 10.4. The number of hydrogen-bond donors (Lipinski definition) is 1. The molecule has 164 valence electrons. The maximum atomic E-state index is 12.2. The number of rotatable bonds is 10. The molecule has 2 aromatic carbocycles. The Kier molecular flexibility index (Phi) is 7.64. The minimum Gasteiger partial charge on any atom is -0.497 e. The number of carbonyl (C=O) groups excluding carboxylic acids is 1. The lowest BCUT2D eigenvalue weighted by Crippen LogP contribution is -2.15. The number of hydrogen-bond acceptors (Lipinski definition) is 7. The van der Waals surface area contributed by atoms with Gasteiger partial charge in [0.15, 0.2) is 15.0 Å². The molecule has 31 heavy (non-hydrogen) atoms. The monoisotopic (exact) mass is 460 g/mol. The lowest BCUT2D eigenvalue weighted by molar-refractivity contribution is -0.116. The molecule has 0 aliphatic rings. The van der Waals surface area contributed by atoms with Crippen LogP contribution in [0, 0.1) is 0 Å². The molecule has 1 N–H and O–H groups in total. The van der Waals surface area contributed by atoms with Crippen LogP contribution in [-0.2, 0) is 20.4 Å². The third-order valence-corrected chi connectivity index (χ3v) is 6.96. The van der Waals surface area contributed by atoms with Crippen LogP contribution < -0.4 is 14.8 Å². The normalized spacial score (nSPS) is 11.2. The van der Waals surface area contributed by atoms with E-state index in [1.54, 1.807) is 38.5 Å². The summed E-state index contributed by atoms with van der Waals surface area (Å²) < 4.78 is 35.1. The van der Waals surface area contributed by atoms with Crippen LogP contribution in [-0.4, -0.2) is 39.3 Å². The van der Waals surface area contributed by atoms with Gasteiger partial charge in [-0.05, 0) is 30.2 Å². The van der Waals surface area contributed by atoms with Crippen molar-refractivity contribution in [1.82, 2.24) is 4.98 Å². The molecule has 0 aliphatic carbocycles. The van der Waals surface area contributed by atoms with Crippen molar-refractivity contribution in [2.75, 3.05) is 25.3 Å². The fraction of sp³-hybridized carbons (Fsp3) is 0.273. The van der Waals surface area contributed by atoms with Crippen molar-refractivity contribution < 1.29 is 22.7 Å². The summed E-state index contributed by atoms with van der Waals surface area (Å²) in [5.41, 5.74) is 2.15. The van der Waals surface area contributed by atoms with Crippen molar-refractivity contribution in [3.05, 3.63) is 59.5 Å². The van der Waals surface area contributed by atoms with Gasteiger partial charge in [-0.2, -0.15) is 0 Å². The molecule has 0 saturated heterocycles. The molecule has 0 fully saturated rings. The van der Waals surface area contributed by atoms with Crippen molar-refractivity contribution >= 4 is 32.2 Å². The minimum atomic E-state index is -3.27. The van der Waals surface area contributed by atoms with E-state index in [-0.39, 0.29) is 30.3 Å². The van der Waals surface area contributed by atoms with Crippen LogP contribution >= 0.6 is 11.3 Å². The SMILES string of the molecule is COc1ccc(OC)c(-c2csc(NC(=O)CCCS(=O)(=O)Cc3ccccc3)n2)c1. The third-order valence-electron chi connectivity index (χ3n) is 4.52. The van der Waals surface area contributed by atoms with Crippen molar-refractivity contribution in [3.63, 3.8) is 0 Å². The molecule has 1 amide bonds. The average Bonchev–Trinajstić information content (AvgIpc) is 3.21. The Morgan fingerprint density at radius 1 is 1.10 bits per heavy atom. The number of aromatic nitrogens is 1. The van der Waals surface area contributed by atoms with Crippen molar-refractivity contribution in [1.29, 1.82) is 0 Å². The maximum absolute atomic E-state index is 12.2. The summed E-state index contributed by atoms with van der Waals surface area (Å²) in [6.45, 7) is 0. The Hall–Kier alpha value is -2.91. The molecular weight excluding hydrogens is 436 g/mol. The standard InChI is InChI=1S/C22H24N2O5S2/c1-28-17-10-11-20(29-2)18(13-17)19-14-30-22(23-19)24-21(25)9-6-12-31(26,27)15-16-7-4-3-5-8-16/h3-5,7-8,10-11,13-14H,6,9,12,15H2,1-2H3,(H,23,24,25). The molecule has 0 saturated carbocycles. The van der Waals surface area contributed by atoms with Crippen LogP contribution in [0.15, 0.2) is 53.9 Å². The molecule has 0 atom stereocenters. The first-order valence-electron chi connectivity index (χ1n) is 9.62. The van der Waals surface area contributed by atoms with E-state index in [2.05, 4.69) is 10.3 Å². The van der Waals surface area contributed by atoms with Gasteiger partial charge in [-0.1, -0.05) is 30.3 Å². The summed E-state index contributed by atoms with van der Waals surface area (Å²) in [7, 11) is -0.111. The second-order valence-electron chi connectivity index (χ2n) is 6.83. The number of carbonyl (C=O) groups is 1. The molecule has 9 heteroatoms. The van der Waals surface area contributed by atoms with Gasteiger partial charge in [0.05, 0.1) is 31.4 Å². The summed E-state index contributed by atoms with van der Waals surface area (Å²) in [5, 5.41) is 4.99. The lowest BCUT2D eigenvalue weighted by atomic mass is 10.1. The maximum Gasteiger partial charge on any atom is 0.226 e. The third kappa shape index (κ3) is 6.53. The highest BCUT2D eigenvalue weighted by atomic mass is 32.2. The van der Waals surface area contributed by atoms with Crippen LogP contribution in [0.25, 0.3) is 11.3 Å². The van der Waals surface area contributed by atoms with E-state index in [4.69, 9.17) is 9.47 Å². The summed E-state index contributed by atoms with van der Waals surface area (Å²) in [6, 6.07) is 14.4. The van der Waals surface area contributed by atoms with Gasteiger partial charge in [-0.3, -0.25) is 4.79 Å². The van der Waals surface area contributed by atoms with Crippen LogP contribution in [0.2, 0.25) is 0 Å². The summed E-state index contributed by atoms with van der Waals surface area (Å²) >= 11 is 1.29. The number of amides is 1. The van der Waals surface area contributed by atoms with Crippen molar-refractivity contribution in [2.45, 2.75) is 18.6 Å². The van der Waals surface area contributed by atoms with E-state index in [0.29, 0.717) is 22.3 Å². The van der Waals surface area contributed by atoms with Crippen LogP contribution in [0.5, 0.6) is 11.5 Å². The smallest absolute Gasteiger partial charge is 0.226 e. The zero-order valence-electron chi connectivity index (χ0n) is 17.3. The Balaban J connectivity index is 1.55. The van der Waals surface area contributed by atoms with Gasteiger partial charge in [-0.25, -0.2) is 13.4 Å². The molecule has 3 rings (SSSR count). The largest absolute Gasteiger partial charge is 0.497 e. The number of anilines is 1. The highest BCUT2D eigenvalue weighted by Gasteiger charge is 2.15. The first-order valence-corrected chi connectivity index (χ1v) is 12.3. The topological polar surface area (TPSA) is 94.6 Å². The Labute approximate surface area is 186 Å². The van der Waals surface area contributed by atoms with Crippen molar-refractivity contribution in [3.8, 4) is 22.8 Å². The van der Waals surface area contributed by atoms with E-state index < -0.39 is 9.84 Å². The number of nitrogens with zero attached hydrogens (tertiary/aromatic N) is 1. The van der Waals surface area contributed by atoms with Crippen LogP contribution in [0.1, 0.15) is 18.4 Å². The van der Waals surface area contributed by atoms with Gasteiger partial charge in [0.25, 0.3) is 0 Å². The van der Waals surface area contributed by atoms with E-state index in [1.165, 1.54) is 11.3 Å². The first kappa shape index (κ1) is 22.8. The summed E-state index contributed by atoms with van der Waals surface area (Å²) in [6.07, 6.45) is 0.356. The highest BCUT2D eigenvalue weighted by molar-refractivity contribution is 7.90. The molecule has 0 aliphatic heterocycles. The summed E-state index contributed by atoms with van der Waals surface area (Å²) in [4.78, 5) is 16.7. The fourth-order valence-corrected chi connectivity index (χ4v) is 5.16. The van der Waals surface area contributed by atoms with Gasteiger partial charge in [0.1, 0.15) is 11.5 Å². The molecule has 7 nitrogen and oxygen atoms in total. The molecular formula is C22H24N2O5S2. The van der Waals surface area contributed by atoms with Gasteiger partial charge in [0.2, 0.25) is 5.91 Å². The van der Waals surface area contributed by atoms with Gasteiger partial charge in [-0.15, -0.1) is 11.3 Å². The number of sulfone groups is 1. The lowest BCUT2D eigenvalue weighted by Gasteiger charge is -2.08. The van der Waals surface area contributed by atoms with Crippen LogP contribution in [0.4, 0.5) is 5.13 Å². The molecule has 0 unspecified atom stereocenters. The van der Waals surface area contributed by atoms with Gasteiger partial charge >= 0.3 is 0 Å². The van der Waals surface area contributed by atoms with E-state index in [9.17, 15) is 13.2 Å². The Morgan fingerprint density at radius 2 is 1.87 bits per heavy atom. The molecule has 0 radical (unpaired) electrons. The molecule has 1 heterocycles. The summed E-state index contributed by atoms with van der Waals surface area (Å²) in [5.74, 6) is 0.986. The number of thiazole rings is 1. The Bertz CT molecular complexity index is 1130. The molecule has 3 aromatic rings. The van der Waals surface area contributed by atoms with E-state index in [0.717, 1.165) is 11.1 Å². The molecule has 1 aromatic heterocycles. The Morgan fingerprint density at radius 3 is 2.58 bits per heavy atom. The number of benzene rings is 2. The first-order chi connectivity index (χ1) is 14.9. The van der Waals surface area contributed by atoms with Gasteiger partial charge in [0, 0.05) is 17.4 Å². The zero-order valence-corrected chi connectivity index (χ0v) is 19.0. The minimum absolute atomic E-state index is 0.0202. The predicted octanol–water partition coefficient (Wildman–Crippen LogP) is 4.16. The number of nitrogens with one attached hydrogen (secondary N) is 1. The van der Waals surface area contributed by atoms with Gasteiger partial charge < -0.3 is 14.8 Å².